The van der Waals surface area contributed by atoms with Gasteiger partial charge in [0.1, 0.15) is 5.75 Å². The average molecular weight is 307 g/mol. The number of ether oxygens (including phenoxy) is 2. The Labute approximate surface area is 129 Å². The lowest BCUT2D eigenvalue weighted by molar-refractivity contribution is -0.159. The molecular formula is C16H21NO5. The summed E-state index contributed by atoms with van der Waals surface area (Å²) < 4.78 is 10.7. The first-order chi connectivity index (χ1) is 10.6. The Morgan fingerprint density at radius 1 is 1.41 bits per heavy atom. The van der Waals surface area contributed by atoms with E-state index in [0.717, 1.165) is 11.3 Å². The monoisotopic (exact) mass is 307 g/mol. The summed E-state index contributed by atoms with van der Waals surface area (Å²) in [6.45, 7) is 3.26. The van der Waals surface area contributed by atoms with Crippen molar-refractivity contribution in [3.8, 4) is 5.75 Å². The van der Waals surface area contributed by atoms with Crippen LogP contribution in [0, 0.1) is 6.92 Å². The predicted octanol–water partition coefficient (Wildman–Crippen LogP) is 1.47. The molecule has 6 nitrogen and oxygen atoms in total. The first-order valence-corrected chi connectivity index (χ1v) is 7.38. The molecular weight excluding hydrogens is 286 g/mol. The summed E-state index contributed by atoms with van der Waals surface area (Å²) in [5.74, 6) is -0.254. The van der Waals surface area contributed by atoms with Gasteiger partial charge < -0.3 is 19.5 Å². The number of carbonyl (C=O) groups excluding carboxylic acids is 1. The molecule has 0 spiro atoms. The van der Waals surface area contributed by atoms with E-state index in [-0.39, 0.29) is 19.1 Å². The SMILES string of the molecule is Cc1ccccc1OCCCC(=O)N1CCOC(C(=O)O)C1. The number of hydrogen-bond donors (Lipinski definition) is 1. The van der Waals surface area contributed by atoms with E-state index >= 15 is 0 Å². The molecule has 1 aliphatic heterocycles. The number of para-hydroxylation sites is 1. The van der Waals surface area contributed by atoms with Gasteiger partial charge in [-0.15, -0.1) is 0 Å². The number of benzene rings is 1. The molecule has 6 heteroatoms. The number of carboxylic acids is 1. The van der Waals surface area contributed by atoms with Crippen molar-refractivity contribution >= 4 is 11.9 Å². The molecule has 1 aromatic carbocycles. The van der Waals surface area contributed by atoms with Gasteiger partial charge in [0, 0.05) is 13.0 Å². The molecule has 1 heterocycles. The maximum Gasteiger partial charge on any atom is 0.334 e. The zero-order chi connectivity index (χ0) is 15.9. The van der Waals surface area contributed by atoms with Crippen molar-refractivity contribution in [2.24, 2.45) is 0 Å². The molecule has 1 amide bonds. The molecule has 0 saturated carbocycles. The van der Waals surface area contributed by atoms with Gasteiger partial charge in [0.15, 0.2) is 6.10 Å². The maximum atomic E-state index is 12.1. The fraction of sp³-hybridized carbons (Fsp3) is 0.500. The summed E-state index contributed by atoms with van der Waals surface area (Å²) in [6, 6.07) is 7.73. The minimum Gasteiger partial charge on any atom is -0.493 e. The number of carboxylic acid groups (broad SMARTS) is 1. The van der Waals surface area contributed by atoms with Gasteiger partial charge in [-0.25, -0.2) is 4.79 Å². The summed E-state index contributed by atoms with van der Waals surface area (Å²) >= 11 is 0. The highest BCUT2D eigenvalue weighted by atomic mass is 16.5. The van der Waals surface area contributed by atoms with Gasteiger partial charge >= 0.3 is 5.97 Å². The average Bonchev–Trinajstić information content (AvgIpc) is 2.53. The second-order valence-electron chi connectivity index (χ2n) is 5.25. The standard InChI is InChI=1S/C16H21NO5/c1-12-5-2-3-6-13(12)21-9-4-7-15(18)17-8-10-22-14(11-17)16(19)20/h2-3,5-6,14H,4,7-11H2,1H3,(H,19,20). The van der Waals surface area contributed by atoms with E-state index < -0.39 is 12.1 Å². The molecule has 1 saturated heterocycles. The summed E-state index contributed by atoms with van der Waals surface area (Å²) in [7, 11) is 0. The summed E-state index contributed by atoms with van der Waals surface area (Å²) in [4.78, 5) is 24.5. The van der Waals surface area contributed by atoms with E-state index in [4.69, 9.17) is 14.6 Å². The van der Waals surface area contributed by atoms with Crippen molar-refractivity contribution in [3.63, 3.8) is 0 Å². The highest BCUT2D eigenvalue weighted by Crippen LogP contribution is 2.16. The fourth-order valence-electron chi connectivity index (χ4n) is 2.31. The van der Waals surface area contributed by atoms with E-state index in [0.29, 0.717) is 26.0 Å². The predicted molar refractivity (Wildman–Crippen MR) is 79.9 cm³/mol. The number of aryl methyl sites for hydroxylation is 1. The molecule has 22 heavy (non-hydrogen) atoms. The van der Waals surface area contributed by atoms with E-state index in [2.05, 4.69) is 0 Å². The quantitative estimate of drug-likeness (QED) is 0.805. The highest BCUT2D eigenvalue weighted by Gasteiger charge is 2.28. The first kappa shape index (κ1) is 16.3. The van der Waals surface area contributed by atoms with Crippen LogP contribution in [0.1, 0.15) is 18.4 Å². The minimum absolute atomic E-state index is 0.0528. The van der Waals surface area contributed by atoms with Gasteiger partial charge in [-0.2, -0.15) is 0 Å². The lowest BCUT2D eigenvalue weighted by Crippen LogP contribution is -2.48. The Bertz CT molecular complexity index is 531. The van der Waals surface area contributed by atoms with Crippen LogP contribution in [0.25, 0.3) is 0 Å². The van der Waals surface area contributed by atoms with Gasteiger partial charge in [0.25, 0.3) is 0 Å². The summed E-state index contributed by atoms with van der Waals surface area (Å²) in [5.41, 5.74) is 1.06. The minimum atomic E-state index is -1.03. The van der Waals surface area contributed by atoms with E-state index in [1.165, 1.54) is 0 Å². The van der Waals surface area contributed by atoms with Gasteiger partial charge in [-0.05, 0) is 25.0 Å². The number of carbonyl (C=O) groups is 2. The third-order valence-electron chi connectivity index (χ3n) is 3.58. The molecule has 1 unspecified atom stereocenters. The summed E-state index contributed by atoms with van der Waals surface area (Å²) in [6.07, 6.45) is 0.0291. The molecule has 1 atom stereocenters. The second kappa shape index (κ2) is 7.79. The van der Waals surface area contributed by atoms with E-state index in [1.807, 2.05) is 31.2 Å². The van der Waals surface area contributed by atoms with Crippen LogP contribution in [0.5, 0.6) is 5.75 Å². The number of nitrogens with zero attached hydrogens (tertiary/aromatic N) is 1. The topological polar surface area (TPSA) is 76.1 Å². The van der Waals surface area contributed by atoms with Crippen LogP contribution < -0.4 is 4.74 Å². The molecule has 1 aromatic rings. The Kier molecular flexibility index (Phi) is 5.77. The highest BCUT2D eigenvalue weighted by molar-refractivity contribution is 5.78. The van der Waals surface area contributed by atoms with Crippen LogP contribution >= 0.6 is 0 Å². The molecule has 0 radical (unpaired) electrons. The Morgan fingerprint density at radius 2 is 2.18 bits per heavy atom. The van der Waals surface area contributed by atoms with Crippen LogP contribution in [0.2, 0.25) is 0 Å². The Morgan fingerprint density at radius 3 is 2.91 bits per heavy atom. The molecule has 0 aromatic heterocycles. The molecule has 1 N–H and O–H groups in total. The number of hydrogen-bond acceptors (Lipinski definition) is 4. The first-order valence-electron chi connectivity index (χ1n) is 7.38. The van der Waals surface area contributed by atoms with Crippen molar-refractivity contribution in [1.29, 1.82) is 0 Å². The van der Waals surface area contributed by atoms with E-state index in [1.54, 1.807) is 4.90 Å². The maximum absolute atomic E-state index is 12.1. The molecule has 120 valence electrons. The molecule has 2 rings (SSSR count). The largest absolute Gasteiger partial charge is 0.493 e. The number of rotatable bonds is 6. The lowest BCUT2D eigenvalue weighted by Gasteiger charge is -2.30. The van der Waals surface area contributed by atoms with Crippen LogP contribution in [0.4, 0.5) is 0 Å². The van der Waals surface area contributed by atoms with Crippen LogP contribution in [-0.4, -0.2) is 54.3 Å². The molecule has 1 fully saturated rings. The van der Waals surface area contributed by atoms with Crippen molar-refractivity contribution < 1.29 is 24.2 Å². The third kappa shape index (κ3) is 4.46. The van der Waals surface area contributed by atoms with Gasteiger partial charge in [0.2, 0.25) is 5.91 Å². The number of amides is 1. The third-order valence-corrected chi connectivity index (χ3v) is 3.58. The zero-order valence-electron chi connectivity index (χ0n) is 12.7. The molecule has 1 aliphatic rings. The van der Waals surface area contributed by atoms with Crippen molar-refractivity contribution in [3.05, 3.63) is 29.8 Å². The molecule has 0 aliphatic carbocycles. The Balaban J connectivity index is 1.71. The Hall–Kier alpha value is -2.08. The smallest absolute Gasteiger partial charge is 0.334 e. The zero-order valence-corrected chi connectivity index (χ0v) is 12.7. The normalized spacial score (nSPS) is 18.0. The van der Waals surface area contributed by atoms with Crippen molar-refractivity contribution in [1.82, 2.24) is 4.90 Å². The van der Waals surface area contributed by atoms with E-state index in [9.17, 15) is 9.59 Å². The van der Waals surface area contributed by atoms with Crippen LogP contribution in [0.15, 0.2) is 24.3 Å². The van der Waals surface area contributed by atoms with Gasteiger partial charge in [-0.1, -0.05) is 18.2 Å². The molecule has 0 bridgehead atoms. The van der Waals surface area contributed by atoms with Gasteiger partial charge in [-0.3, -0.25) is 4.79 Å². The van der Waals surface area contributed by atoms with Crippen molar-refractivity contribution in [2.45, 2.75) is 25.9 Å². The fourth-order valence-corrected chi connectivity index (χ4v) is 2.31. The summed E-state index contributed by atoms with van der Waals surface area (Å²) in [5, 5.41) is 8.92. The van der Waals surface area contributed by atoms with Crippen molar-refractivity contribution in [2.75, 3.05) is 26.3 Å². The second-order valence-corrected chi connectivity index (χ2v) is 5.25. The number of aliphatic carboxylic acids is 1. The van der Waals surface area contributed by atoms with Crippen LogP contribution in [0.3, 0.4) is 0 Å². The lowest BCUT2D eigenvalue weighted by atomic mass is 10.2. The van der Waals surface area contributed by atoms with Gasteiger partial charge in [0.05, 0.1) is 19.8 Å². The number of morpholine rings is 1. The van der Waals surface area contributed by atoms with Crippen LogP contribution in [-0.2, 0) is 14.3 Å².